The Labute approximate surface area is 196 Å². The van der Waals surface area contributed by atoms with Crippen LogP contribution >= 0.6 is 34.8 Å². The molecule has 1 fully saturated rings. The summed E-state index contributed by atoms with van der Waals surface area (Å²) in [6.45, 7) is 1.07. The quantitative estimate of drug-likeness (QED) is 0.393. The van der Waals surface area contributed by atoms with Crippen LogP contribution in [0, 0.1) is 11.3 Å². The molecule has 0 aliphatic carbocycles. The van der Waals surface area contributed by atoms with Gasteiger partial charge in [-0.25, -0.2) is 4.98 Å². The molecule has 1 saturated heterocycles. The first-order valence-electron chi connectivity index (χ1n) is 9.96. The smallest absolute Gasteiger partial charge is 0.232 e. The largest absolute Gasteiger partial charge is 0.474 e. The number of halogens is 3. The van der Waals surface area contributed by atoms with Crippen LogP contribution in [0.25, 0.3) is 22.4 Å². The Balaban J connectivity index is 1.80. The number of nitrogens with zero attached hydrogens (tertiary/aromatic N) is 2. The van der Waals surface area contributed by atoms with E-state index >= 15 is 0 Å². The predicted octanol–water partition coefficient (Wildman–Crippen LogP) is 7.20. The highest BCUT2D eigenvalue weighted by molar-refractivity contribution is 6.36. The molecular weight excluding hydrogens is 455 g/mol. The molecule has 0 spiro atoms. The maximum atomic E-state index is 9.76. The van der Waals surface area contributed by atoms with Gasteiger partial charge in [-0.1, -0.05) is 46.9 Å². The molecule has 0 bridgehead atoms. The minimum Gasteiger partial charge on any atom is -0.474 e. The average Bonchev–Trinajstić information content (AvgIpc) is 2.78. The number of hydrogen-bond donors (Lipinski definition) is 0. The zero-order chi connectivity index (χ0) is 21.8. The van der Waals surface area contributed by atoms with Gasteiger partial charge in [0.2, 0.25) is 5.88 Å². The van der Waals surface area contributed by atoms with E-state index in [9.17, 15) is 5.26 Å². The predicted molar refractivity (Wildman–Crippen MR) is 124 cm³/mol. The van der Waals surface area contributed by atoms with Gasteiger partial charge in [0, 0.05) is 27.8 Å². The van der Waals surface area contributed by atoms with Gasteiger partial charge in [0.1, 0.15) is 18.2 Å². The van der Waals surface area contributed by atoms with Crippen molar-refractivity contribution in [3.8, 4) is 34.3 Å². The Kier molecular flexibility index (Phi) is 6.99. The summed E-state index contributed by atoms with van der Waals surface area (Å²) in [6.07, 6.45) is 3.10. The Morgan fingerprint density at radius 1 is 1.00 bits per heavy atom. The second-order valence-electron chi connectivity index (χ2n) is 7.28. The van der Waals surface area contributed by atoms with Crippen molar-refractivity contribution in [3.05, 3.63) is 69.2 Å². The summed E-state index contributed by atoms with van der Waals surface area (Å²) < 4.78 is 11.7. The highest BCUT2D eigenvalue weighted by Crippen LogP contribution is 2.39. The molecule has 2 aromatic carbocycles. The lowest BCUT2D eigenvalue weighted by Gasteiger charge is -2.23. The second kappa shape index (κ2) is 9.89. The number of aromatic nitrogens is 1. The van der Waals surface area contributed by atoms with Crippen molar-refractivity contribution < 1.29 is 9.47 Å². The van der Waals surface area contributed by atoms with Crippen LogP contribution in [0.3, 0.4) is 0 Å². The summed E-state index contributed by atoms with van der Waals surface area (Å²) in [5.74, 6) is 0.260. The van der Waals surface area contributed by atoms with E-state index in [4.69, 9.17) is 49.3 Å². The summed E-state index contributed by atoms with van der Waals surface area (Å²) in [6, 6.07) is 16.5. The monoisotopic (exact) mass is 472 g/mol. The van der Waals surface area contributed by atoms with Crippen molar-refractivity contribution in [2.24, 2.45) is 0 Å². The zero-order valence-corrected chi connectivity index (χ0v) is 18.8. The van der Waals surface area contributed by atoms with E-state index < -0.39 is 0 Å². The third-order valence-corrected chi connectivity index (χ3v) is 5.93. The van der Waals surface area contributed by atoms with E-state index in [1.165, 1.54) is 0 Å². The van der Waals surface area contributed by atoms with Gasteiger partial charge in [-0.15, -0.1) is 0 Å². The van der Waals surface area contributed by atoms with Crippen LogP contribution in [0.4, 0.5) is 0 Å². The van der Waals surface area contributed by atoms with Crippen molar-refractivity contribution in [2.45, 2.75) is 25.4 Å². The van der Waals surface area contributed by atoms with Gasteiger partial charge in [0.05, 0.1) is 16.8 Å². The van der Waals surface area contributed by atoms with Crippen molar-refractivity contribution in [2.75, 3.05) is 13.2 Å². The minimum atomic E-state index is 0.000560. The zero-order valence-electron chi connectivity index (χ0n) is 16.6. The van der Waals surface area contributed by atoms with E-state index in [-0.39, 0.29) is 12.0 Å². The molecule has 0 N–H and O–H groups in total. The number of benzene rings is 2. The molecule has 7 heteroatoms. The second-order valence-corrected chi connectivity index (χ2v) is 8.56. The lowest BCUT2D eigenvalue weighted by molar-refractivity contribution is -0.0119. The number of nitriles is 1. The SMILES string of the molecule is N#Cc1cc(-c2ccc(Cl)cc2)c(-c2ccc(Cl)cc2Cl)nc1OCC1CCCCO1. The Morgan fingerprint density at radius 3 is 2.45 bits per heavy atom. The lowest BCUT2D eigenvalue weighted by Crippen LogP contribution is -2.26. The highest BCUT2D eigenvalue weighted by Gasteiger charge is 2.20. The summed E-state index contributed by atoms with van der Waals surface area (Å²) in [4.78, 5) is 4.73. The van der Waals surface area contributed by atoms with Gasteiger partial charge in [-0.3, -0.25) is 0 Å². The Bertz CT molecular complexity index is 1120. The molecule has 4 rings (SSSR count). The van der Waals surface area contributed by atoms with E-state index in [0.29, 0.717) is 38.5 Å². The number of pyridine rings is 1. The molecule has 31 heavy (non-hydrogen) atoms. The van der Waals surface area contributed by atoms with Gasteiger partial charge >= 0.3 is 0 Å². The van der Waals surface area contributed by atoms with E-state index in [0.717, 1.165) is 37.0 Å². The topological polar surface area (TPSA) is 55.1 Å². The molecule has 1 aliphatic heterocycles. The number of ether oxygens (including phenoxy) is 2. The fraction of sp³-hybridized carbons (Fsp3) is 0.250. The van der Waals surface area contributed by atoms with Crippen LogP contribution in [0.5, 0.6) is 5.88 Å². The Hall–Kier alpha value is -2.29. The first-order chi connectivity index (χ1) is 15.0. The Morgan fingerprint density at radius 2 is 1.77 bits per heavy atom. The van der Waals surface area contributed by atoms with Crippen molar-refractivity contribution in [3.63, 3.8) is 0 Å². The van der Waals surface area contributed by atoms with Gasteiger partial charge in [-0.05, 0) is 61.2 Å². The van der Waals surface area contributed by atoms with Gasteiger partial charge in [0.15, 0.2) is 0 Å². The maximum absolute atomic E-state index is 9.76. The molecule has 3 aromatic rings. The first kappa shape index (κ1) is 21.9. The highest BCUT2D eigenvalue weighted by atomic mass is 35.5. The number of rotatable bonds is 5. The summed E-state index contributed by atoms with van der Waals surface area (Å²) in [5.41, 5.74) is 3.24. The fourth-order valence-electron chi connectivity index (χ4n) is 3.53. The van der Waals surface area contributed by atoms with Gasteiger partial charge < -0.3 is 9.47 Å². The molecule has 1 aliphatic rings. The van der Waals surface area contributed by atoms with Crippen LogP contribution in [-0.4, -0.2) is 24.3 Å². The summed E-state index contributed by atoms with van der Waals surface area (Å²) in [5, 5.41) is 11.4. The van der Waals surface area contributed by atoms with Crippen LogP contribution in [0.1, 0.15) is 24.8 Å². The molecule has 1 atom stereocenters. The molecule has 0 saturated carbocycles. The van der Waals surface area contributed by atoms with Gasteiger partial charge in [0.25, 0.3) is 0 Å². The molecule has 0 radical (unpaired) electrons. The molecule has 2 heterocycles. The molecule has 158 valence electrons. The molecular formula is C24H19Cl3N2O2. The van der Waals surface area contributed by atoms with Crippen LogP contribution in [0.2, 0.25) is 15.1 Å². The maximum Gasteiger partial charge on any atom is 0.232 e. The molecule has 1 unspecified atom stereocenters. The molecule has 1 aromatic heterocycles. The standard InChI is InChI=1S/C24H19Cl3N2O2/c25-17-6-4-15(5-7-17)21-11-16(13-28)24(31-14-19-3-1-2-10-30-19)29-23(21)20-9-8-18(26)12-22(20)27/h4-9,11-12,19H,1-3,10,14H2. The third kappa shape index (κ3) is 5.14. The van der Waals surface area contributed by atoms with Crippen LogP contribution in [-0.2, 0) is 4.74 Å². The van der Waals surface area contributed by atoms with Crippen LogP contribution in [0.15, 0.2) is 48.5 Å². The van der Waals surface area contributed by atoms with Crippen molar-refractivity contribution >= 4 is 34.8 Å². The number of hydrogen-bond acceptors (Lipinski definition) is 4. The van der Waals surface area contributed by atoms with E-state index in [1.807, 2.05) is 18.2 Å². The van der Waals surface area contributed by atoms with Crippen molar-refractivity contribution in [1.29, 1.82) is 5.26 Å². The molecule has 0 amide bonds. The minimum absolute atomic E-state index is 0.000560. The summed E-state index contributed by atoms with van der Waals surface area (Å²) in [7, 11) is 0. The third-order valence-electron chi connectivity index (χ3n) is 5.13. The van der Waals surface area contributed by atoms with Gasteiger partial charge in [-0.2, -0.15) is 5.26 Å². The normalized spacial score (nSPS) is 16.0. The van der Waals surface area contributed by atoms with E-state index in [2.05, 4.69) is 6.07 Å². The lowest BCUT2D eigenvalue weighted by atomic mass is 9.97. The fourth-order valence-corrected chi connectivity index (χ4v) is 4.16. The molecule has 4 nitrogen and oxygen atoms in total. The van der Waals surface area contributed by atoms with Crippen molar-refractivity contribution in [1.82, 2.24) is 4.98 Å². The summed E-state index contributed by atoms with van der Waals surface area (Å²) >= 11 is 18.7. The van der Waals surface area contributed by atoms with E-state index in [1.54, 1.807) is 30.3 Å². The van der Waals surface area contributed by atoms with Crippen LogP contribution < -0.4 is 4.74 Å². The first-order valence-corrected chi connectivity index (χ1v) is 11.1. The average molecular weight is 474 g/mol.